The first kappa shape index (κ1) is 19.0. The Labute approximate surface area is 148 Å². The van der Waals surface area contributed by atoms with Crippen LogP contribution >= 0.6 is 0 Å². The summed E-state index contributed by atoms with van der Waals surface area (Å²) in [6.07, 6.45) is 4.98. The maximum atomic E-state index is 12.2. The molecular formula is C19H26N2O4. The van der Waals surface area contributed by atoms with Gasteiger partial charge in [-0.3, -0.25) is 14.4 Å². The van der Waals surface area contributed by atoms with Crippen LogP contribution in [0.25, 0.3) is 0 Å². The van der Waals surface area contributed by atoms with E-state index in [9.17, 15) is 14.4 Å². The van der Waals surface area contributed by atoms with Gasteiger partial charge in [-0.05, 0) is 37.0 Å². The molecule has 2 rings (SSSR count). The van der Waals surface area contributed by atoms with Crippen LogP contribution < -0.4 is 5.32 Å². The molecule has 2 N–H and O–H groups in total. The summed E-state index contributed by atoms with van der Waals surface area (Å²) in [6.45, 7) is 2.38. The largest absolute Gasteiger partial charge is 0.481 e. The Morgan fingerprint density at radius 1 is 1.16 bits per heavy atom. The monoisotopic (exact) mass is 346 g/mol. The number of carboxylic acid groups (broad SMARTS) is 1. The molecule has 1 atom stereocenters. The van der Waals surface area contributed by atoms with Crippen LogP contribution in [-0.2, 0) is 20.8 Å². The molecule has 1 aromatic carbocycles. The van der Waals surface area contributed by atoms with Gasteiger partial charge in [-0.1, -0.05) is 31.9 Å². The lowest BCUT2D eigenvalue weighted by atomic mass is 10.0. The molecule has 0 radical (unpaired) electrons. The van der Waals surface area contributed by atoms with Crippen molar-refractivity contribution < 1.29 is 19.5 Å². The van der Waals surface area contributed by atoms with Crippen molar-refractivity contribution in [2.45, 2.75) is 45.4 Å². The average molecular weight is 346 g/mol. The summed E-state index contributed by atoms with van der Waals surface area (Å²) >= 11 is 0. The van der Waals surface area contributed by atoms with Crippen LogP contribution in [0.2, 0.25) is 0 Å². The maximum absolute atomic E-state index is 12.2. The summed E-state index contributed by atoms with van der Waals surface area (Å²) < 4.78 is 0. The first-order valence-corrected chi connectivity index (χ1v) is 8.85. The number of anilines is 1. The molecule has 1 fully saturated rings. The average Bonchev–Trinajstić information content (AvgIpc) is 2.56. The first-order valence-electron chi connectivity index (χ1n) is 8.85. The van der Waals surface area contributed by atoms with Crippen LogP contribution in [-0.4, -0.2) is 40.9 Å². The molecule has 0 spiro atoms. The highest BCUT2D eigenvalue weighted by atomic mass is 16.4. The zero-order valence-corrected chi connectivity index (χ0v) is 14.7. The number of nitrogens with zero attached hydrogens (tertiary/aromatic N) is 1. The normalized spacial score (nSPS) is 16.7. The van der Waals surface area contributed by atoms with E-state index in [1.54, 1.807) is 24.0 Å². The summed E-state index contributed by atoms with van der Waals surface area (Å²) in [5.41, 5.74) is 1.56. The quantitative estimate of drug-likeness (QED) is 0.829. The minimum absolute atomic E-state index is 0.0489. The summed E-state index contributed by atoms with van der Waals surface area (Å²) in [4.78, 5) is 36.8. The fourth-order valence-corrected chi connectivity index (χ4v) is 2.92. The second kappa shape index (κ2) is 9.20. The topological polar surface area (TPSA) is 86.7 Å². The summed E-state index contributed by atoms with van der Waals surface area (Å²) in [7, 11) is 0. The molecule has 1 aliphatic rings. The number of aliphatic carboxylic acids is 1. The molecule has 1 aliphatic heterocycles. The number of hydrogen-bond acceptors (Lipinski definition) is 3. The summed E-state index contributed by atoms with van der Waals surface area (Å²) in [6, 6.07) is 7.15. The van der Waals surface area contributed by atoms with Crippen molar-refractivity contribution in [3.8, 4) is 0 Å². The van der Waals surface area contributed by atoms with Crippen LogP contribution in [0.1, 0.15) is 44.6 Å². The predicted octanol–water partition coefficient (Wildman–Crippen LogP) is 2.68. The smallest absolute Gasteiger partial charge is 0.306 e. The minimum atomic E-state index is -0.824. The number of hydrogen-bond donors (Lipinski definition) is 2. The summed E-state index contributed by atoms with van der Waals surface area (Å²) in [5.74, 6) is -1.43. The van der Waals surface area contributed by atoms with Crippen molar-refractivity contribution in [3.63, 3.8) is 0 Å². The summed E-state index contributed by atoms with van der Waals surface area (Å²) in [5, 5.41) is 11.7. The first-order chi connectivity index (χ1) is 12.0. The molecular weight excluding hydrogens is 320 g/mol. The number of nitrogens with one attached hydrogen (secondary N) is 1. The second-order valence-electron chi connectivity index (χ2n) is 6.67. The Hall–Kier alpha value is -2.37. The van der Waals surface area contributed by atoms with E-state index in [1.807, 2.05) is 12.1 Å². The molecule has 2 amide bonds. The Morgan fingerprint density at radius 2 is 1.84 bits per heavy atom. The molecule has 1 unspecified atom stereocenters. The highest BCUT2D eigenvalue weighted by Crippen LogP contribution is 2.15. The number of rotatable bonds is 6. The van der Waals surface area contributed by atoms with Gasteiger partial charge in [0.1, 0.15) is 0 Å². The van der Waals surface area contributed by atoms with E-state index < -0.39 is 11.9 Å². The lowest BCUT2D eigenvalue weighted by Gasteiger charge is -2.24. The van der Waals surface area contributed by atoms with Crippen molar-refractivity contribution in [1.29, 1.82) is 0 Å². The molecule has 0 aliphatic carbocycles. The van der Waals surface area contributed by atoms with Gasteiger partial charge in [-0.25, -0.2) is 0 Å². The van der Waals surface area contributed by atoms with E-state index >= 15 is 0 Å². The van der Waals surface area contributed by atoms with E-state index in [4.69, 9.17) is 5.11 Å². The van der Waals surface area contributed by atoms with E-state index in [-0.39, 0.29) is 18.4 Å². The van der Waals surface area contributed by atoms with E-state index in [0.29, 0.717) is 25.1 Å². The molecule has 6 heteroatoms. The fraction of sp³-hybridized carbons (Fsp3) is 0.526. The van der Waals surface area contributed by atoms with Crippen molar-refractivity contribution >= 4 is 23.5 Å². The van der Waals surface area contributed by atoms with Gasteiger partial charge in [0.15, 0.2) is 0 Å². The van der Waals surface area contributed by atoms with Gasteiger partial charge in [0.25, 0.3) is 0 Å². The van der Waals surface area contributed by atoms with E-state index in [2.05, 4.69) is 5.32 Å². The number of carbonyl (C=O) groups is 3. The lowest BCUT2D eigenvalue weighted by molar-refractivity contribution is -0.141. The van der Waals surface area contributed by atoms with Gasteiger partial charge in [0, 0.05) is 18.7 Å². The molecule has 0 bridgehead atoms. The zero-order chi connectivity index (χ0) is 18.2. The van der Waals surface area contributed by atoms with Crippen LogP contribution in [0.4, 0.5) is 5.69 Å². The van der Waals surface area contributed by atoms with Crippen molar-refractivity contribution in [3.05, 3.63) is 29.8 Å². The third-order valence-corrected chi connectivity index (χ3v) is 4.46. The van der Waals surface area contributed by atoms with Crippen LogP contribution in [0.15, 0.2) is 24.3 Å². The zero-order valence-electron chi connectivity index (χ0n) is 14.7. The number of likely N-dealkylation sites (tertiary alicyclic amines) is 1. The van der Waals surface area contributed by atoms with Crippen LogP contribution in [0.5, 0.6) is 0 Å². The third-order valence-electron chi connectivity index (χ3n) is 4.46. The van der Waals surface area contributed by atoms with E-state index in [0.717, 1.165) is 31.2 Å². The number of amides is 2. The van der Waals surface area contributed by atoms with Gasteiger partial charge < -0.3 is 15.3 Å². The Kier molecular flexibility index (Phi) is 6.98. The number of carboxylic acids is 1. The lowest BCUT2D eigenvalue weighted by Crippen LogP contribution is -2.39. The van der Waals surface area contributed by atoms with Gasteiger partial charge in [0.05, 0.1) is 12.5 Å². The molecule has 0 aromatic heterocycles. The van der Waals surface area contributed by atoms with Gasteiger partial charge in [-0.15, -0.1) is 0 Å². The second-order valence-corrected chi connectivity index (χ2v) is 6.67. The van der Waals surface area contributed by atoms with Gasteiger partial charge in [0.2, 0.25) is 11.8 Å². The van der Waals surface area contributed by atoms with Crippen molar-refractivity contribution in [1.82, 2.24) is 4.90 Å². The molecule has 136 valence electrons. The van der Waals surface area contributed by atoms with Gasteiger partial charge in [-0.2, -0.15) is 0 Å². The minimum Gasteiger partial charge on any atom is -0.481 e. The van der Waals surface area contributed by atoms with Crippen molar-refractivity contribution in [2.75, 3.05) is 18.4 Å². The fourth-order valence-electron chi connectivity index (χ4n) is 2.92. The maximum Gasteiger partial charge on any atom is 0.306 e. The molecule has 1 aromatic rings. The molecule has 0 saturated carbocycles. The van der Waals surface area contributed by atoms with E-state index in [1.165, 1.54) is 0 Å². The molecule has 25 heavy (non-hydrogen) atoms. The standard InChI is InChI=1S/C19H26N2O4/c1-14(19(24)25)12-15-7-9-16(10-8-15)20-17(22)13-21-11-5-3-2-4-6-18(21)23/h7-10,14H,2-6,11-13H2,1H3,(H,20,22)(H,24,25). The van der Waals surface area contributed by atoms with Crippen LogP contribution in [0.3, 0.4) is 0 Å². The Balaban J connectivity index is 1.87. The predicted molar refractivity (Wildman–Crippen MR) is 95.2 cm³/mol. The third kappa shape index (κ3) is 6.21. The van der Waals surface area contributed by atoms with Crippen molar-refractivity contribution in [2.24, 2.45) is 5.92 Å². The Morgan fingerprint density at radius 3 is 2.52 bits per heavy atom. The Bertz CT molecular complexity index is 612. The highest BCUT2D eigenvalue weighted by Gasteiger charge is 2.18. The molecule has 1 saturated heterocycles. The highest BCUT2D eigenvalue weighted by molar-refractivity contribution is 5.94. The molecule has 1 heterocycles. The molecule has 6 nitrogen and oxygen atoms in total. The SMILES string of the molecule is CC(Cc1ccc(NC(=O)CN2CCCCCCC2=O)cc1)C(=O)O. The number of carbonyl (C=O) groups excluding carboxylic acids is 2. The van der Waals surface area contributed by atoms with Crippen LogP contribution in [0, 0.1) is 5.92 Å². The van der Waals surface area contributed by atoms with Gasteiger partial charge >= 0.3 is 5.97 Å². The number of benzene rings is 1.